The molecule has 2 heterocycles. The zero-order chi connectivity index (χ0) is 18.4. The van der Waals surface area contributed by atoms with Crippen LogP contribution in [0.3, 0.4) is 0 Å². The second-order valence-electron chi connectivity index (χ2n) is 5.90. The van der Waals surface area contributed by atoms with Crippen LogP contribution in [0.15, 0.2) is 54.9 Å². The van der Waals surface area contributed by atoms with Gasteiger partial charge in [-0.1, -0.05) is 31.2 Å². The number of benzene rings is 1. The van der Waals surface area contributed by atoms with E-state index < -0.39 is 0 Å². The molecule has 0 saturated heterocycles. The SMILES string of the molecule is CCc1ccccc1Nc1nc(C)cc(C(=O)NCc2cccnc2)n1. The third-order valence-corrected chi connectivity index (χ3v) is 3.91. The van der Waals surface area contributed by atoms with Crippen molar-refractivity contribution in [1.82, 2.24) is 20.3 Å². The number of aryl methyl sites for hydroxylation is 2. The molecule has 0 spiro atoms. The van der Waals surface area contributed by atoms with Gasteiger partial charge in [-0.2, -0.15) is 0 Å². The van der Waals surface area contributed by atoms with Gasteiger partial charge in [-0.3, -0.25) is 9.78 Å². The minimum Gasteiger partial charge on any atom is -0.347 e. The van der Waals surface area contributed by atoms with Gasteiger partial charge in [0.15, 0.2) is 0 Å². The van der Waals surface area contributed by atoms with E-state index in [1.54, 1.807) is 18.5 Å². The van der Waals surface area contributed by atoms with Crippen molar-refractivity contribution in [2.75, 3.05) is 5.32 Å². The normalized spacial score (nSPS) is 10.4. The first-order valence-corrected chi connectivity index (χ1v) is 8.53. The van der Waals surface area contributed by atoms with Crippen LogP contribution >= 0.6 is 0 Å². The van der Waals surface area contributed by atoms with Crippen LogP contribution < -0.4 is 10.6 Å². The van der Waals surface area contributed by atoms with Gasteiger partial charge >= 0.3 is 0 Å². The average Bonchev–Trinajstić information content (AvgIpc) is 2.67. The molecule has 26 heavy (non-hydrogen) atoms. The lowest BCUT2D eigenvalue weighted by Gasteiger charge is -2.11. The first-order valence-electron chi connectivity index (χ1n) is 8.53. The number of carbonyl (C=O) groups is 1. The summed E-state index contributed by atoms with van der Waals surface area (Å²) in [4.78, 5) is 25.2. The molecule has 0 aliphatic carbocycles. The summed E-state index contributed by atoms with van der Waals surface area (Å²) >= 11 is 0. The number of para-hydroxylation sites is 1. The van der Waals surface area contributed by atoms with Gasteiger partial charge in [-0.05, 0) is 42.7 Å². The molecule has 1 aromatic carbocycles. The van der Waals surface area contributed by atoms with Crippen LogP contribution in [0, 0.1) is 6.92 Å². The summed E-state index contributed by atoms with van der Waals surface area (Å²) in [7, 11) is 0. The van der Waals surface area contributed by atoms with Gasteiger partial charge in [0.25, 0.3) is 5.91 Å². The van der Waals surface area contributed by atoms with Crippen molar-refractivity contribution in [2.45, 2.75) is 26.8 Å². The third-order valence-electron chi connectivity index (χ3n) is 3.91. The largest absolute Gasteiger partial charge is 0.347 e. The van der Waals surface area contributed by atoms with Gasteiger partial charge in [0.2, 0.25) is 5.95 Å². The fraction of sp³-hybridized carbons (Fsp3) is 0.200. The molecule has 0 fully saturated rings. The van der Waals surface area contributed by atoms with E-state index in [-0.39, 0.29) is 5.91 Å². The van der Waals surface area contributed by atoms with Crippen molar-refractivity contribution in [3.63, 3.8) is 0 Å². The molecule has 2 aromatic heterocycles. The second-order valence-corrected chi connectivity index (χ2v) is 5.90. The van der Waals surface area contributed by atoms with Gasteiger partial charge in [-0.25, -0.2) is 9.97 Å². The second kappa shape index (κ2) is 8.20. The lowest BCUT2D eigenvalue weighted by molar-refractivity contribution is 0.0945. The topological polar surface area (TPSA) is 79.8 Å². The zero-order valence-electron chi connectivity index (χ0n) is 14.9. The minimum absolute atomic E-state index is 0.244. The summed E-state index contributed by atoms with van der Waals surface area (Å²) in [5.41, 5.74) is 4.10. The number of anilines is 2. The molecule has 6 nitrogen and oxygen atoms in total. The van der Waals surface area contributed by atoms with E-state index in [0.717, 1.165) is 23.4 Å². The summed E-state index contributed by atoms with van der Waals surface area (Å²) in [6.07, 6.45) is 4.32. The Kier molecular flexibility index (Phi) is 5.53. The highest BCUT2D eigenvalue weighted by Crippen LogP contribution is 2.19. The van der Waals surface area contributed by atoms with E-state index in [9.17, 15) is 4.79 Å². The molecule has 132 valence electrons. The van der Waals surface area contributed by atoms with Crippen LogP contribution in [0.1, 0.15) is 34.2 Å². The quantitative estimate of drug-likeness (QED) is 0.714. The molecule has 2 N–H and O–H groups in total. The maximum atomic E-state index is 12.4. The van der Waals surface area contributed by atoms with E-state index in [1.165, 1.54) is 5.56 Å². The lowest BCUT2D eigenvalue weighted by atomic mass is 10.1. The number of pyridine rings is 1. The van der Waals surface area contributed by atoms with E-state index in [4.69, 9.17) is 0 Å². The van der Waals surface area contributed by atoms with E-state index in [2.05, 4.69) is 38.6 Å². The van der Waals surface area contributed by atoms with Crippen LogP contribution in [0.25, 0.3) is 0 Å². The Morgan fingerprint density at radius 3 is 2.73 bits per heavy atom. The van der Waals surface area contributed by atoms with Gasteiger partial charge < -0.3 is 10.6 Å². The number of carbonyl (C=O) groups excluding carboxylic acids is 1. The van der Waals surface area contributed by atoms with Crippen LogP contribution in [-0.2, 0) is 13.0 Å². The molecule has 0 radical (unpaired) electrons. The minimum atomic E-state index is -0.244. The van der Waals surface area contributed by atoms with Gasteiger partial charge in [0.1, 0.15) is 5.69 Å². The fourth-order valence-corrected chi connectivity index (χ4v) is 2.59. The maximum absolute atomic E-state index is 12.4. The molecule has 0 saturated carbocycles. The molecular weight excluding hydrogens is 326 g/mol. The van der Waals surface area contributed by atoms with Crippen LogP contribution in [0.4, 0.5) is 11.6 Å². The van der Waals surface area contributed by atoms with Gasteiger partial charge in [0, 0.05) is 30.3 Å². The summed E-state index contributed by atoms with van der Waals surface area (Å²) in [6, 6.07) is 13.4. The zero-order valence-corrected chi connectivity index (χ0v) is 14.9. The Morgan fingerprint density at radius 1 is 1.12 bits per heavy atom. The Bertz CT molecular complexity index is 896. The molecule has 0 aliphatic heterocycles. The molecular formula is C20H21N5O. The van der Waals surface area contributed by atoms with Crippen molar-refractivity contribution in [1.29, 1.82) is 0 Å². The monoisotopic (exact) mass is 347 g/mol. The fourth-order valence-electron chi connectivity index (χ4n) is 2.59. The summed E-state index contributed by atoms with van der Waals surface area (Å²) in [5.74, 6) is 0.170. The molecule has 1 amide bonds. The van der Waals surface area contributed by atoms with Crippen LogP contribution in [-0.4, -0.2) is 20.9 Å². The summed E-state index contributed by atoms with van der Waals surface area (Å²) in [6.45, 7) is 4.34. The van der Waals surface area contributed by atoms with Crippen molar-refractivity contribution >= 4 is 17.5 Å². The van der Waals surface area contributed by atoms with E-state index >= 15 is 0 Å². The number of amides is 1. The van der Waals surface area contributed by atoms with Crippen molar-refractivity contribution in [3.8, 4) is 0 Å². The Morgan fingerprint density at radius 2 is 1.96 bits per heavy atom. The highest BCUT2D eigenvalue weighted by atomic mass is 16.1. The first-order chi connectivity index (χ1) is 12.7. The lowest BCUT2D eigenvalue weighted by Crippen LogP contribution is -2.24. The average molecular weight is 347 g/mol. The molecule has 6 heteroatoms. The Labute approximate surface area is 152 Å². The molecule has 0 bridgehead atoms. The molecule has 0 aliphatic rings. The Hall–Kier alpha value is -3.28. The predicted octanol–water partition coefficient (Wildman–Crippen LogP) is 3.42. The number of aromatic nitrogens is 3. The van der Waals surface area contributed by atoms with E-state index in [1.807, 2.05) is 37.3 Å². The third kappa shape index (κ3) is 4.42. The van der Waals surface area contributed by atoms with Gasteiger partial charge in [-0.15, -0.1) is 0 Å². The highest BCUT2D eigenvalue weighted by Gasteiger charge is 2.11. The van der Waals surface area contributed by atoms with Crippen molar-refractivity contribution in [3.05, 3.63) is 77.4 Å². The smallest absolute Gasteiger partial charge is 0.270 e. The van der Waals surface area contributed by atoms with Gasteiger partial charge in [0.05, 0.1) is 0 Å². The van der Waals surface area contributed by atoms with Crippen molar-refractivity contribution < 1.29 is 4.79 Å². The van der Waals surface area contributed by atoms with E-state index in [0.29, 0.717) is 18.2 Å². The first kappa shape index (κ1) is 17.5. The maximum Gasteiger partial charge on any atom is 0.270 e. The standard InChI is InChI=1S/C20H21N5O/c1-3-16-8-4-5-9-17(16)24-20-23-14(2)11-18(25-20)19(26)22-13-15-7-6-10-21-12-15/h4-12H,3,13H2,1-2H3,(H,22,26)(H,23,24,25). The summed E-state index contributed by atoms with van der Waals surface area (Å²) < 4.78 is 0. The predicted molar refractivity (Wildman–Crippen MR) is 101 cm³/mol. The number of nitrogens with zero attached hydrogens (tertiary/aromatic N) is 3. The number of nitrogens with one attached hydrogen (secondary N) is 2. The molecule has 3 aromatic rings. The Balaban J connectivity index is 1.75. The number of hydrogen-bond acceptors (Lipinski definition) is 5. The van der Waals surface area contributed by atoms with Crippen LogP contribution in [0.2, 0.25) is 0 Å². The molecule has 0 atom stereocenters. The molecule has 3 rings (SSSR count). The highest BCUT2D eigenvalue weighted by molar-refractivity contribution is 5.92. The van der Waals surface area contributed by atoms with Crippen molar-refractivity contribution in [2.24, 2.45) is 0 Å². The van der Waals surface area contributed by atoms with Crippen LogP contribution in [0.5, 0.6) is 0 Å². The summed E-state index contributed by atoms with van der Waals surface area (Å²) in [5, 5.41) is 6.08. The molecule has 0 unspecified atom stereocenters. The number of hydrogen-bond donors (Lipinski definition) is 2. The number of rotatable bonds is 6.